The van der Waals surface area contributed by atoms with Crippen molar-refractivity contribution in [1.29, 1.82) is 0 Å². The molecule has 0 spiro atoms. The number of nitrogens with one attached hydrogen (secondary N) is 3. The Morgan fingerprint density at radius 3 is 3.00 bits per heavy atom. The molecule has 4 rings (SSSR count). The standard InChI is InChI=1S/C21H30N4O2/c1-4-22-20(25-18-15-9-10-27-19(15)21(18,2)3)23-12-13-11-17(26)24-16-8-6-5-7-14(13)16/h5-8,13,15,18-19H,4,9-12H2,1-3H3,(H,24,26)(H2,22,23,25). The van der Waals surface area contributed by atoms with Gasteiger partial charge < -0.3 is 20.7 Å². The lowest BCUT2D eigenvalue weighted by Crippen LogP contribution is -2.68. The summed E-state index contributed by atoms with van der Waals surface area (Å²) in [5, 5.41) is 9.98. The zero-order valence-electron chi connectivity index (χ0n) is 16.4. The molecule has 4 atom stereocenters. The first-order valence-electron chi connectivity index (χ1n) is 10.1. The summed E-state index contributed by atoms with van der Waals surface area (Å²) in [6.07, 6.45) is 1.95. The van der Waals surface area contributed by atoms with E-state index in [1.54, 1.807) is 0 Å². The van der Waals surface area contributed by atoms with Crippen LogP contribution in [0.1, 0.15) is 45.1 Å². The number of hydrogen-bond donors (Lipinski definition) is 3. The first-order chi connectivity index (χ1) is 13.0. The molecule has 3 N–H and O–H groups in total. The number of carbonyl (C=O) groups excluding carboxylic acids is 1. The second-order valence-corrected chi connectivity index (χ2v) is 8.44. The minimum atomic E-state index is 0.0675. The number of para-hydroxylation sites is 1. The van der Waals surface area contributed by atoms with E-state index >= 15 is 0 Å². The van der Waals surface area contributed by atoms with Crippen molar-refractivity contribution in [2.75, 3.05) is 25.0 Å². The zero-order valence-corrected chi connectivity index (χ0v) is 16.4. The van der Waals surface area contributed by atoms with Crippen LogP contribution in [0.4, 0.5) is 5.69 Å². The van der Waals surface area contributed by atoms with Gasteiger partial charge in [0.05, 0.1) is 12.6 Å². The van der Waals surface area contributed by atoms with Gasteiger partial charge in [-0.05, 0) is 25.0 Å². The van der Waals surface area contributed by atoms with Crippen molar-refractivity contribution in [3.05, 3.63) is 29.8 Å². The number of guanidine groups is 1. The Bertz CT molecular complexity index is 745. The van der Waals surface area contributed by atoms with Crippen molar-refractivity contribution in [1.82, 2.24) is 10.6 Å². The second-order valence-electron chi connectivity index (χ2n) is 8.44. The van der Waals surface area contributed by atoms with E-state index in [1.807, 2.05) is 18.2 Å². The minimum Gasteiger partial charge on any atom is -0.377 e. The molecule has 6 nitrogen and oxygen atoms in total. The van der Waals surface area contributed by atoms with Gasteiger partial charge in [-0.2, -0.15) is 0 Å². The van der Waals surface area contributed by atoms with Gasteiger partial charge in [-0.15, -0.1) is 0 Å². The first kappa shape index (κ1) is 18.3. The average molecular weight is 370 g/mol. The summed E-state index contributed by atoms with van der Waals surface area (Å²) in [6.45, 7) is 8.88. The van der Waals surface area contributed by atoms with Gasteiger partial charge in [0.1, 0.15) is 0 Å². The highest BCUT2D eigenvalue weighted by atomic mass is 16.5. The molecule has 1 aliphatic carbocycles. The molecule has 0 radical (unpaired) electrons. The number of carbonyl (C=O) groups is 1. The highest BCUT2D eigenvalue weighted by Gasteiger charge is 2.59. The van der Waals surface area contributed by atoms with Crippen LogP contribution in [0.2, 0.25) is 0 Å². The first-order valence-corrected chi connectivity index (χ1v) is 10.1. The van der Waals surface area contributed by atoms with Crippen LogP contribution in [0.15, 0.2) is 29.3 Å². The maximum absolute atomic E-state index is 12.0. The van der Waals surface area contributed by atoms with E-state index in [-0.39, 0.29) is 17.2 Å². The molecule has 2 heterocycles. The molecule has 1 saturated carbocycles. The number of hydrogen-bond acceptors (Lipinski definition) is 3. The maximum atomic E-state index is 12.0. The number of anilines is 1. The molecule has 0 bridgehead atoms. The van der Waals surface area contributed by atoms with Crippen LogP contribution in [0.25, 0.3) is 0 Å². The quantitative estimate of drug-likeness (QED) is 0.562. The predicted octanol–water partition coefficient (Wildman–Crippen LogP) is 2.48. The lowest BCUT2D eigenvalue weighted by molar-refractivity contribution is -0.116. The number of nitrogens with zero attached hydrogens (tertiary/aromatic N) is 1. The van der Waals surface area contributed by atoms with Crippen molar-refractivity contribution in [3.8, 4) is 0 Å². The normalized spacial score (nSPS) is 31.4. The highest BCUT2D eigenvalue weighted by molar-refractivity contribution is 5.94. The molecule has 0 aromatic heterocycles. The van der Waals surface area contributed by atoms with E-state index in [9.17, 15) is 4.79 Å². The second kappa shape index (κ2) is 7.15. The molecule has 4 unspecified atom stereocenters. The number of fused-ring (bicyclic) bond motifs is 2. The Hall–Kier alpha value is -2.08. The molecule has 2 aliphatic heterocycles. The largest absolute Gasteiger partial charge is 0.377 e. The fourth-order valence-corrected chi connectivity index (χ4v) is 4.95. The van der Waals surface area contributed by atoms with Crippen LogP contribution in [0.5, 0.6) is 0 Å². The van der Waals surface area contributed by atoms with Crippen molar-refractivity contribution in [2.45, 2.75) is 51.7 Å². The maximum Gasteiger partial charge on any atom is 0.225 e. The van der Waals surface area contributed by atoms with Crippen LogP contribution in [-0.4, -0.2) is 43.7 Å². The van der Waals surface area contributed by atoms with Crippen LogP contribution < -0.4 is 16.0 Å². The van der Waals surface area contributed by atoms with Crippen LogP contribution in [0.3, 0.4) is 0 Å². The number of benzene rings is 1. The molecule has 1 saturated heterocycles. The Morgan fingerprint density at radius 2 is 2.19 bits per heavy atom. The van der Waals surface area contributed by atoms with Crippen LogP contribution in [-0.2, 0) is 9.53 Å². The Morgan fingerprint density at radius 1 is 1.37 bits per heavy atom. The van der Waals surface area contributed by atoms with E-state index in [4.69, 9.17) is 9.73 Å². The van der Waals surface area contributed by atoms with Gasteiger partial charge in [0.25, 0.3) is 0 Å². The van der Waals surface area contributed by atoms with Gasteiger partial charge in [0.2, 0.25) is 5.91 Å². The Balaban J connectivity index is 1.48. The fraction of sp³-hybridized carbons (Fsp3) is 0.619. The molecule has 6 heteroatoms. The third-order valence-corrected chi connectivity index (χ3v) is 6.31. The molecule has 146 valence electrons. The summed E-state index contributed by atoms with van der Waals surface area (Å²) >= 11 is 0. The number of aliphatic imine (C=N–C) groups is 1. The topological polar surface area (TPSA) is 74.8 Å². The molecule has 1 aromatic carbocycles. The molecule has 1 amide bonds. The van der Waals surface area contributed by atoms with Crippen LogP contribution in [0, 0.1) is 11.3 Å². The summed E-state index contributed by atoms with van der Waals surface area (Å²) in [6, 6.07) is 8.39. The molecular formula is C21H30N4O2. The van der Waals surface area contributed by atoms with Crippen molar-refractivity contribution in [3.63, 3.8) is 0 Å². The molecular weight excluding hydrogens is 340 g/mol. The SMILES string of the molecule is CCNC(=NCC1CC(=O)Nc2ccccc21)NC1C2CCOC2C1(C)C. The summed E-state index contributed by atoms with van der Waals surface area (Å²) < 4.78 is 5.90. The smallest absolute Gasteiger partial charge is 0.225 e. The van der Waals surface area contributed by atoms with E-state index in [2.05, 4.69) is 42.8 Å². The summed E-state index contributed by atoms with van der Waals surface area (Å²) in [5.74, 6) is 1.58. The summed E-state index contributed by atoms with van der Waals surface area (Å²) in [4.78, 5) is 16.9. The molecule has 3 aliphatic rings. The van der Waals surface area contributed by atoms with Gasteiger partial charge in [0, 0.05) is 48.6 Å². The third kappa shape index (κ3) is 3.31. The lowest BCUT2D eigenvalue weighted by atomic mass is 9.57. The van der Waals surface area contributed by atoms with Gasteiger partial charge in [-0.1, -0.05) is 32.0 Å². The van der Waals surface area contributed by atoms with Gasteiger partial charge in [0.15, 0.2) is 5.96 Å². The van der Waals surface area contributed by atoms with Crippen molar-refractivity contribution < 1.29 is 9.53 Å². The minimum absolute atomic E-state index is 0.0675. The zero-order chi connectivity index (χ0) is 19.0. The van der Waals surface area contributed by atoms with Crippen LogP contribution >= 0.6 is 0 Å². The summed E-state index contributed by atoms with van der Waals surface area (Å²) in [7, 11) is 0. The van der Waals surface area contributed by atoms with E-state index < -0.39 is 0 Å². The van der Waals surface area contributed by atoms with Gasteiger partial charge in [-0.3, -0.25) is 9.79 Å². The average Bonchev–Trinajstić information content (AvgIpc) is 3.10. The Labute approximate surface area is 161 Å². The summed E-state index contributed by atoms with van der Waals surface area (Å²) in [5.41, 5.74) is 2.19. The third-order valence-electron chi connectivity index (χ3n) is 6.31. The fourth-order valence-electron chi connectivity index (χ4n) is 4.95. The van der Waals surface area contributed by atoms with E-state index in [0.29, 0.717) is 31.0 Å². The lowest BCUT2D eigenvalue weighted by Gasteiger charge is -2.54. The van der Waals surface area contributed by atoms with Gasteiger partial charge in [-0.25, -0.2) is 0 Å². The predicted molar refractivity (Wildman–Crippen MR) is 107 cm³/mol. The monoisotopic (exact) mass is 370 g/mol. The number of rotatable bonds is 4. The Kier molecular flexibility index (Phi) is 4.84. The molecule has 27 heavy (non-hydrogen) atoms. The van der Waals surface area contributed by atoms with Crippen molar-refractivity contribution >= 4 is 17.6 Å². The molecule has 1 aromatic rings. The van der Waals surface area contributed by atoms with E-state index in [1.165, 1.54) is 5.56 Å². The number of ether oxygens (including phenoxy) is 1. The highest BCUT2D eigenvalue weighted by Crippen LogP contribution is 2.52. The molecule has 2 fully saturated rings. The van der Waals surface area contributed by atoms with E-state index in [0.717, 1.165) is 31.2 Å². The van der Waals surface area contributed by atoms with Gasteiger partial charge >= 0.3 is 0 Å². The van der Waals surface area contributed by atoms with Crippen molar-refractivity contribution in [2.24, 2.45) is 16.3 Å². The number of amides is 1.